The molecule has 0 saturated carbocycles. The highest BCUT2D eigenvalue weighted by atomic mass is 16.2. The first-order chi connectivity index (χ1) is 11.1. The number of nitrogens with one attached hydrogen (secondary N) is 1. The van der Waals surface area contributed by atoms with E-state index in [0.717, 1.165) is 15.4 Å². The Hall–Kier alpha value is -3.56. The van der Waals surface area contributed by atoms with E-state index in [0.29, 0.717) is 5.56 Å². The van der Waals surface area contributed by atoms with Crippen LogP contribution in [0.1, 0.15) is 20.8 Å². The molecule has 0 aliphatic heterocycles. The van der Waals surface area contributed by atoms with Gasteiger partial charge in [0.1, 0.15) is 13.0 Å². The molecule has 2 heterocycles. The highest BCUT2D eigenvalue weighted by Gasteiger charge is 2.15. The Bertz CT molecular complexity index is 945. The number of fused-ring (bicyclic) bond motifs is 1. The first-order valence-electron chi connectivity index (χ1n) is 6.52. The lowest BCUT2D eigenvalue weighted by Gasteiger charge is -2.06. The van der Waals surface area contributed by atoms with E-state index in [1.165, 1.54) is 0 Å². The van der Waals surface area contributed by atoms with Crippen LogP contribution in [-0.2, 0) is 6.67 Å². The molecule has 0 atom stereocenters. The average Bonchev–Trinajstić information content (AvgIpc) is 3.00. The normalized spacial score (nSPS) is 10.6. The van der Waals surface area contributed by atoms with Crippen molar-refractivity contribution in [2.24, 2.45) is 5.73 Å². The van der Waals surface area contributed by atoms with E-state index >= 15 is 0 Å². The molecule has 23 heavy (non-hydrogen) atoms. The number of aromatic nitrogens is 5. The zero-order valence-corrected chi connectivity index (χ0v) is 11.7. The standard InChI is InChI=1S/C13H11N7O3/c14-10(21)9-11-17-18-20(13(23)19(11)6-15-9)7-16-12(22)8-4-2-1-3-5-8/h1-6H,7H2,(H2,14,21)(H,16,22). The Morgan fingerprint density at radius 2 is 1.96 bits per heavy atom. The molecule has 10 heteroatoms. The first-order valence-corrected chi connectivity index (χ1v) is 6.52. The zero-order valence-electron chi connectivity index (χ0n) is 11.7. The van der Waals surface area contributed by atoms with Crippen molar-refractivity contribution in [1.29, 1.82) is 0 Å². The van der Waals surface area contributed by atoms with E-state index in [1.54, 1.807) is 30.3 Å². The Morgan fingerprint density at radius 1 is 1.22 bits per heavy atom. The van der Waals surface area contributed by atoms with Crippen LogP contribution in [0.3, 0.4) is 0 Å². The molecule has 116 valence electrons. The van der Waals surface area contributed by atoms with Crippen molar-refractivity contribution in [3.05, 3.63) is 58.4 Å². The molecule has 3 N–H and O–H groups in total. The van der Waals surface area contributed by atoms with Crippen LogP contribution in [0.2, 0.25) is 0 Å². The lowest BCUT2D eigenvalue weighted by Crippen LogP contribution is -2.37. The van der Waals surface area contributed by atoms with Crippen LogP contribution in [0, 0.1) is 0 Å². The predicted octanol–water partition coefficient (Wildman–Crippen LogP) is -1.23. The molecule has 0 unspecified atom stereocenters. The van der Waals surface area contributed by atoms with Gasteiger partial charge in [0, 0.05) is 5.56 Å². The molecule has 2 amide bonds. The summed E-state index contributed by atoms with van der Waals surface area (Å²) in [6, 6.07) is 8.52. The van der Waals surface area contributed by atoms with Crippen molar-refractivity contribution in [2.45, 2.75) is 6.67 Å². The Labute approximate surface area is 128 Å². The number of imidazole rings is 1. The van der Waals surface area contributed by atoms with Gasteiger partial charge in [-0.15, -0.1) is 5.10 Å². The van der Waals surface area contributed by atoms with Gasteiger partial charge in [0.25, 0.3) is 11.8 Å². The summed E-state index contributed by atoms with van der Waals surface area (Å²) < 4.78 is 1.96. The van der Waals surface area contributed by atoms with E-state index in [4.69, 9.17) is 5.73 Å². The number of primary amides is 1. The second kappa shape index (κ2) is 5.67. The summed E-state index contributed by atoms with van der Waals surface area (Å²) in [6.45, 7) is -0.181. The first kappa shape index (κ1) is 14.4. The number of nitrogens with two attached hydrogens (primary N) is 1. The molecular weight excluding hydrogens is 302 g/mol. The Kier molecular flexibility index (Phi) is 3.55. The minimum atomic E-state index is -0.809. The zero-order chi connectivity index (χ0) is 16.4. The van der Waals surface area contributed by atoms with Crippen LogP contribution < -0.4 is 16.7 Å². The van der Waals surface area contributed by atoms with Gasteiger partial charge in [0.15, 0.2) is 11.3 Å². The monoisotopic (exact) mass is 313 g/mol. The van der Waals surface area contributed by atoms with E-state index in [-0.39, 0.29) is 23.9 Å². The third-order valence-electron chi connectivity index (χ3n) is 3.08. The SMILES string of the molecule is NC(=O)c1ncn2c(=O)n(CNC(=O)c3ccccc3)nnc12. The van der Waals surface area contributed by atoms with Gasteiger partial charge in [-0.05, 0) is 12.1 Å². The fourth-order valence-corrected chi connectivity index (χ4v) is 1.95. The molecule has 10 nitrogen and oxygen atoms in total. The van der Waals surface area contributed by atoms with Gasteiger partial charge < -0.3 is 11.1 Å². The number of rotatable bonds is 4. The van der Waals surface area contributed by atoms with Crippen LogP contribution in [0.4, 0.5) is 0 Å². The predicted molar refractivity (Wildman–Crippen MR) is 77.5 cm³/mol. The molecule has 2 aromatic heterocycles. The maximum absolute atomic E-state index is 12.2. The minimum absolute atomic E-state index is 0.0341. The van der Waals surface area contributed by atoms with E-state index < -0.39 is 11.6 Å². The molecule has 0 bridgehead atoms. The second-order valence-electron chi connectivity index (χ2n) is 4.55. The van der Waals surface area contributed by atoms with Gasteiger partial charge in [-0.1, -0.05) is 23.4 Å². The number of carbonyl (C=O) groups is 2. The van der Waals surface area contributed by atoms with Crippen LogP contribution in [-0.4, -0.2) is 36.2 Å². The summed E-state index contributed by atoms with van der Waals surface area (Å²) in [5, 5.41) is 9.94. The molecule has 0 saturated heterocycles. The van der Waals surface area contributed by atoms with Gasteiger partial charge in [0.2, 0.25) is 0 Å². The number of amides is 2. The van der Waals surface area contributed by atoms with E-state index in [2.05, 4.69) is 20.6 Å². The van der Waals surface area contributed by atoms with Crippen molar-refractivity contribution >= 4 is 17.5 Å². The maximum Gasteiger partial charge on any atom is 0.354 e. The average molecular weight is 313 g/mol. The number of nitrogens with zero attached hydrogens (tertiary/aromatic N) is 5. The number of benzene rings is 1. The summed E-state index contributed by atoms with van der Waals surface area (Å²) in [5.74, 6) is -1.17. The summed E-state index contributed by atoms with van der Waals surface area (Å²) in [4.78, 5) is 39.0. The van der Waals surface area contributed by atoms with Gasteiger partial charge in [-0.3, -0.25) is 9.59 Å². The third-order valence-corrected chi connectivity index (χ3v) is 3.08. The Morgan fingerprint density at radius 3 is 2.65 bits per heavy atom. The van der Waals surface area contributed by atoms with Gasteiger partial charge >= 0.3 is 5.69 Å². The molecule has 1 aromatic carbocycles. The molecule has 3 rings (SSSR count). The van der Waals surface area contributed by atoms with Crippen LogP contribution in [0.25, 0.3) is 5.65 Å². The fourth-order valence-electron chi connectivity index (χ4n) is 1.95. The maximum atomic E-state index is 12.2. The smallest absolute Gasteiger partial charge is 0.354 e. The minimum Gasteiger partial charge on any atom is -0.364 e. The number of hydrogen-bond acceptors (Lipinski definition) is 6. The number of carbonyl (C=O) groups excluding carboxylic acids is 2. The van der Waals surface area contributed by atoms with Crippen LogP contribution in [0.5, 0.6) is 0 Å². The molecular formula is C13H11N7O3. The van der Waals surface area contributed by atoms with Gasteiger partial charge in [-0.2, -0.15) is 4.68 Å². The Balaban J connectivity index is 1.84. The van der Waals surface area contributed by atoms with Crippen molar-refractivity contribution in [3.63, 3.8) is 0 Å². The van der Waals surface area contributed by atoms with Gasteiger partial charge in [-0.25, -0.2) is 14.2 Å². The summed E-state index contributed by atoms with van der Waals surface area (Å²) in [6.07, 6.45) is 1.13. The topological polar surface area (TPSA) is 137 Å². The molecule has 0 aliphatic rings. The summed E-state index contributed by atoms with van der Waals surface area (Å²) >= 11 is 0. The summed E-state index contributed by atoms with van der Waals surface area (Å²) in [5.41, 5.74) is 4.79. The lowest BCUT2D eigenvalue weighted by atomic mass is 10.2. The largest absolute Gasteiger partial charge is 0.364 e. The molecule has 0 aliphatic carbocycles. The van der Waals surface area contributed by atoms with E-state index in [9.17, 15) is 14.4 Å². The van der Waals surface area contributed by atoms with Gasteiger partial charge in [0.05, 0.1) is 0 Å². The second-order valence-corrected chi connectivity index (χ2v) is 4.55. The van der Waals surface area contributed by atoms with Crippen molar-refractivity contribution in [2.75, 3.05) is 0 Å². The molecule has 3 aromatic rings. The highest BCUT2D eigenvalue weighted by molar-refractivity contribution is 5.96. The van der Waals surface area contributed by atoms with Crippen LogP contribution in [0.15, 0.2) is 41.5 Å². The fraction of sp³-hybridized carbons (Fsp3) is 0.0769. The molecule has 0 fully saturated rings. The van der Waals surface area contributed by atoms with E-state index in [1.807, 2.05) is 0 Å². The molecule has 0 radical (unpaired) electrons. The highest BCUT2D eigenvalue weighted by Crippen LogP contribution is 2.01. The van der Waals surface area contributed by atoms with Crippen molar-refractivity contribution < 1.29 is 9.59 Å². The van der Waals surface area contributed by atoms with Crippen molar-refractivity contribution in [3.8, 4) is 0 Å². The molecule has 0 spiro atoms. The third kappa shape index (κ3) is 2.64. The van der Waals surface area contributed by atoms with Crippen LogP contribution >= 0.6 is 0 Å². The quantitative estimate of drug-likeness (QED) is 0.619. The lowest BCUT2D eigenvalue weighted by molar-refractivity contribution is 0.0937. The number of hydrogen-bond donors (Lipinski definition) is 2. The van der Waals surface area contributed by atoms with Crippen molar-refractivity contribution in [1.82, 2.24) is 29.7 Å². The summed E-state index contributed by atoms with van der Waals surface area (Å²) in [7, 11) is 0.